The van der Waals surface area contributed by atoms with Gasteiger partial charge < -0.3 is 23.9 Å². The van der Waals surface area contributed by atoms with E-state index in [1.54, 1.807) is 21.3 Å². The van der Waals surface area contributed by atoms with Crippen LogP contribution in [-0.2, 0) is 13.0 Å². The molecule has 0 saturated heterocycles. The van der Waals surface area contributed by atoms with E-state index >= 15 is 0 Å². The molecule has 0 bridgehead atoms. The standard InChI is InChI=1S/C22H24ClNO4/c1-25-20-8-5-16(13-18(20)23)19-9-6-17(28-19)14-24-11-10-15-4-7-21(26-2)22(12-15)27-3/h4-9,12-13,24H,10-11,14H2,1-3H3. The van der Waals surface area contributed by atoms with Crippen LogP contribution in [0.2, 0.25) is 5.02 Å². The van der Waals surface area contributed by atoms with Crippen LogP contribution >= 0.6 is 11.6 Å². The van der Waals surface area contributed by atoms with Crippen LogP contribution < -0.4 is 19.5 Å². The summed E-state index contributed by atoms with van der Waals surface area (Å²) in [6, 6.07) is 15.5. The Morgan fingerprint density at radius 3 is 2.32 bits per heavy atom. The molecule has 1 aromatic heterocycles. The molecular formula is C22H24ClNO4. The van der Waals surface area contributed by atoms with Gasteiger partial charge >= 0.3 is 0 Å². The highest BCUT2D eigenvalue weighted by Crippen LogP contribution is 2.31. The molecule has 0 aliphatic heterocycles. The van der Waals surface area contributed by atoms with Crippen molar-refractivity contribution in [1.29, 1.82) is 0 Å². The molecule has 3 aromatic rings. The van der Waals surface area contributed by atoms with Gasteiger partial charge in [-0.15, -0.1) is 0 Å². The Balaban J connectivity index is 1.53. The van der Waals surface area contributed by atoms with Gasteiger partial charge in [0.1, 0.15) is 17.3 Å². The SMILES string of the molecule is COc1ccc(-c2ccc(CNCCc3ccc(OC)c(OC)c3)o2)cc1Cl. The maximum Gasteiger partial charge on any atom is 0.160 e. The highest BCUT2D eigenvalue weighted by molar-refractivity contribution is 6.32. The maximum atomic E-state index is 6.19. The van der Waals surface area contributed by atoms with Crippen LogP contribution in [0.25, 0.3) is 11.3 Å². The second kappa shape index (κ2) is 9.53. The van der Waals surface area contributed by atoms with Gasteiger partial charge in [-0.1, -0.05) is 17.7 Å². The van der Waals surface area contributed by atoms with Gasteiger partial charge in [-0.3, -0.25) is 0 Å². The van der Waals surface area contributed by atoms with Crippen LogP contribution in [0.15, 0.2) is 52.9 Å². The highest BCUT2D eigenvalue weighted by Gasteiger charge is 2.08. The third-order valence-electron chi connectivity index (χ3n) is 4.44. The maximum absolute atomic E-state index is 6.19. The molecule has 0 spiro atoms. The van der Waals surface area contributed by atoms with E-state index in [4.69, 9.17) is 30.2 Å². The molecule has 1 N–H and O–H groups in total. The zero-order valence-electron chi connectivity index (χ0n) is 16.3. The van der Waals surface area contributed by atoms with Gasteiger partial charge in [0.2, 0.25) is 0 Å². The molecule has 6 heteroatoms. The Morgan fingerprint density at radius 1 is 0.857 bits per heavy atom. The van der Waals surface area contributed by atoms with E-state index in [2.05, 4.69) is 5.32 Å². The van der Waals surface area contributed by atoms with Crippen LogP contribution in [0.4, 0.5) is 0 Å². The van der Waals surface area contributed by atoms with Gasteiger partial charge in [-0.05, 0) is 61.0 Å². The van der Waals surface area contributed by atoms with Gasteiger partial charge in [0, 0.05) is 5.56 Å². The molecule has 28 heavy (non-hydrogen) atoms. The number of nitrogens with one attached hydrogen (secondary N) is 1. The van der Waals surface area contributed by atoms with E-state index in [9.17, 15) is 0 Å². The second-order valence-corrected chi connectivity index (χ2v) is 6.64. The number of halogens is 1. The largest absolute Gasteiger partial charge is 0.495 e. The Hall–Kier alpha value is -2.63. The van der Waals surface area contributed by atoms with Crippen LogP contribution in [0, 0.1) is 0 Å². The first-order valence-corrected chi connectivity index (χ1v) is 9.36. The summed E-state index contributed by atoms with van der Waals surface area (Å²) in [5.41, 5.74) is 2.10. The lowest BCUT2D eigenvalue weighted by molar-refractivity contribution is 0.354. The van der Waals surface area contributed by atoms with Crippen molar-refractivity contribution >= 4 is 11.6 Å². The molecule has 0 radical (unpaired) electrons. The minimum absolute atomic E-state index is 0.561. The topological polar surface area (TPSA) is 52.9 Å². The highest BCUT2D eigenvalue weighted by atomic mass is 35.5. The Labute approximate surface area is 170 Å². The van der Waals surface area contributed by atoms with E-state index < -0.39 is 0 Å². The van der Waals surface area contributed by atoms with Crippen molar-refractivity contribution < 1.29 is 18.6 Å². The van der Waals surface area contributed by atoms with Crippen molar-refractivity contribution in [2.24, 2.45) is 0 Å². The molecule has 0 amide bonds. The normalized spacial score (nSPS) is 10.7. The van der Waals surface area contributed by atoms with Gasteiger partial charge in [-0.2, -0.15) is 0 Å². The first-order valence-electron chi connectivity index (χ1n) is 8.99. The Kier molecular flexibility index (Phi) is 6.85. The quantitative estimate of drug-likeness (QED) is 0.513. The monoisotopic (exact) mass is 401 g/mol. The summed E-state index contributed by atoms with van der Waals surface area (Å²) in [4.78, 5) is 0. The van der Waals surface area contributed by atoms with Crippen molar-refractivity contribution in [2.45, 2.75) is 13.0 Å². The van der Waals surface area contributed by atoms with Crippen molar-refractivity contribution in [3.63, 3.8) is 0 Å². The average Bonchev–Trinajstić information content (AvgIpc) is 3.20. The molecule has 1 heterocycles. The molecular weight excluding hydrogens is 378 g/mol. The first-order chi connectivity index (χ1) is 13.6. The fourth-order valence-corrected chi connectivity index (χ4v) is 3.19. The van der Waals surface area contributed by atoms with Crippen LogP contribution in [0.5, 0.6) is 17.2 Å². The Bertz CT molecular complexity index is 923. The van der Waals surface area contributed by atoms with E-state index in [0.717, 1.165) is 41.5 Å². The number of ether oxygens (including phenoxy) is 3. The summed E-state index contributed by atoms with van der Waals surface area (Å²) < 4.78 is 21.7. The second-order valence-electron chi connectivity index (χ2n) is 6.23. The molecule has 5 nitrogen and oxygen atoms in total. The van der Waals surface area contributed by atoms with E-state index in [1.165, 1.54) is 5.56 Å². The van der Waals surface area contributed by atoms with Crippen LogP contribution in [0.1, 0.15) is 11.3 Å². The van der Waals surface area contributed by atoms with Gasteiger partial charge in [-0.25, -0.2) is 0 Å². The summed E-state index contributed by atoms with van der Waals surface area (Å²) in [6.45, 7) is 1.47. The first kappa shape index (κ1) is 20.1. The summed E-state index contributed by atoms with van der Waals surface area (Å²) in [6.07, 6.45) is 0.877. The molecule has 0 saturated carbocycles. The minimum Gasteiger partial charge on any atom is -0.495 e. The lowest BCUT2D eigenvalue weighted by Crippen LogP contribution is -2.16. The number of hydrogen-bond acceptors (Lipinski definition) is 5. The van der Waals surface area contributed by atoms with Crippen molar-refractivity contribution in [3.8, 4) is 28.6 Å². The zero-order valence-corrected chi connectivity index (χ0v) is 17.0. The molecule has 3 rings (SSSR count). The van der Waals surface area contributed by atoms with Crippen molar-refractivity contribution in [3.05, 3.63) is 64.9 Å². The summed E-state index contributed by atoms with van der Waals surface area (Å²) in [5.74, 6) is 3.78. The van der Waals surface area contributed by atoms with Gasteiger partial charge in [0.05, 0.1) is 32.9 Å². The van der Waals surface area contributed by atoms with Crippen LogP contribution in [-0.4, -0.2) is 27.9 Å². The number of hydrogen-bond donors (Lipinski definition) is 1. The predicted octanol–water partition coefficient (Wildman–Crippen LogP) is 4.96. The molecule has 0 aliphatic carbocycles. The predicted molar refractivity (Wildman–Crippen MR) is 111 cm³/mol. The Morgan fingerprint density at radius 2 is 1.61 bits per heavy atom. The fraction of sp³-hybridized carbons (Fsp3) is 0.273. The summed E-state index contributed by atoms with van der Waals surface area (Å²) >= 11 is 6.19. The molecule has 0 fully saturated rings. The van der Waals surface area contributed by atoms with Gasteiger partial charge in [0.15, 0.2) is 11.5 Å². The summed E-state index contributed by atoms with van der Waals surface area (Å²) in [5, 5.41) is 3.96. The molecule has 148 valence electrons. The number of rotatable bonds is 9. The fourth-order valence-electron chi connectivity index (χ4n) is 2.93. The average molecular weight is 402 g/mol. The molecule has 0 unspecified atom stereocenters. The number of methoxy groups -OCH3 is 3. The van der Waals surface area contributed by atoms with E-state index in [1.807, 2.05) is 48.5 Å². The van der Waals surface area contributed by atoms with E-state index in [0.29, 0.717) is 17.3 Å². The number of benzene rings is 2. The molecule has 2 aromatic carbocycles. The van der Waals surface area contributed by atoms with Crippen molar-refractivity contribution in [1.82, 2.24) is 5.32 Å². The van der Waals surface area contributed by atoms with Crippen LogP contribution in [0.3, 0.4) is 0 Å². The lowest BCUT2D eigenvalue weighted by Gasteiger charge is -2.09. The lowest BCUT2D eigenvalue weighted by atomic mass is 10.1. The third-order valence-corrected chi connectivity index (χ3v) is 4.73. The van der Waals surface area contributed by atoms with E-state index in [-0.39, 0.29) is 0 Å². The molecule has 0 aliphatic rings. The zero-order chi connectivity index (χ0) is 19.9. The molecule has 0 atom stereocenters. The number of furan rings is 1. The van der Waals surface area contributed by atoms with Crippen molar-refractivity contribution in [2.75, 3.05) is 27.9 Å². The summed E-state index contributed by atoms with van der Waals surface area (Å²) in [7, 11) is 4.88. The smallest absolute Gasteiger partial charge is 0.160 e. The van der Waals surface area contributed by atoms with Gasteiger partial charge in [0.25, 0.3) is 0 Å². The third kappa shape index (κ3) is 4.80. The minimum atomic E-state index is 0.561.